The minimum Gasteiger partial charge on any atom is -0.354 e. The summed E-state index contributed by atoms with van der Waals surface area (Å²) < 4.78 is 0. The smallest absolute Gasteiger partial charge is 0.276 e. The Morgan fingerprint density at radius 1 is 1.11 bits per heavy atom. The minimum absolute atomic E-state index is 0.295. The van der Waals surface area contributed by atoms with Crippen LogP contribution < -0.4 is 10.8 Å². The molecule has 36 heavy (non-hydrogen) atoms. The number of aromatic nitrogens is 1. The van der Waals surface area contributed by atoms with E-state index in [1.165, 1.54) is 31.9 Å². The van der Waals surface area contributed by atoms with E-state index in [0.29, 0.717) is 23.2 Å². The first-order valence-electron chi connectivity index (χ1n) is 13.3. The van der Waals surface area contributed by atoms with Crippen LogP contribution in [0.25, 0.3) is 0 Å². The van der Waals surface area contributed by atoms with Crippen LogP contribution in [0, 0.1) is 11.8 Å². The Labute approximate surface area is 216 Å². The summed E-state index contributed by atoms with van der Waals surface area (Å²) in [5.41, 5.74) is 8.05. The normalized spacial score (nSPS) is 15.2. The fourth-order valence-electron chi connectivity index (χ4n) is 5.07. The third-order valence-corrected chi connectivity index (χ3v) is 7.14. The lowest BCUT2D eigenvalue weighted by atomic mass is 9.82. The molecule has 1 heterocycles. The van der Waals surface area contributed by atoms with Gasteiger partial charge in [0.05, 0.1) is 18.4 Å². The number of amides is 1. The van der Waals surface area contributed by atoms with Crippen LogP contribution in [0.15, 0.2) is 53.2 Å². The second-order valence-corrected chi connectivity index (χ2v) is 9.90. The molecule has 2 N–H and O–H groups in total. The molecule has 3 rings (SSSR count). The van der Waals surface area contributed by atoms with Crippen molar-refractivity contribution in [2.45, 2.75) is 79.1 Å². The lowest BCUT2D eigenvalue weighted by Crippen LogP contribution is -2.22. The highest BCUT2D eigenvalue weighted by atomic mass is 16.6. The average molecular weight is 491 g/mol. The molecule has 0 saturated heterocycles. The second-order valence-electron chi connectivity index (χ2n) is 9.90. The van der Waals surface area contributed by atoms with Crippen LogP contribution in [0.5, 0.6) is 0 Å². The molecule has 0 spiro atoms. The van der Waals surface area contributed by atoms with Gasteiger partial charge < -0.3 is 5.32 Å². The number of para-hydroxylation sites is 1. The summed E-state index contributed by atoms with van der Waals surface area (Å²) in [4.78, 5) is 26.8. The summed E-state index contributed by atoms with van der Waals surface area (Å²) in [5, 5.41) is 3.47. The average Bonchev–Trinajstić information content (AvgIpc) is 3.70. The Balaban J connectivity index is 1.84. The van der Waals surface area contributed by atoms with Crippen molar-refractivity contribution in [1.82, 2.24) is 10.5 Å². The second kappa shape index (κ2) is 13.4. The molecule has 2 aromatic rings. The zero-order chi connectivity index (χ0) is 26.1. The number of carbonyl (C=O) groups excluding carboxylic acids is 1. The van der Waals surface area contributed by atoms with E-state index in [2.05, 4.69) is 49.6 Å². The number of allylic oxidation sites excluding steroid dienone is 2. The van der Waals surface area contributed by atoms with E-state index in [9.17, 15) is 4.79 Å². The Morgan fingerprint density at radius 3 is 2.44 bits per heavy atom. The summed E-state index contributed by atoms with van der Waals surface area (Å²) in [6.07, 6.45) is 11.2. The third-order valence-electron chi connectivity index (χ3n) is 7.14. The molecule has 1 aromatic carbocycles. The summed E-state index contributed by atoms with van der Waals surface area (Å²) in [7, 11) is 1.43. The number of hydrogen-bond acceptors (Lipinski definition) is 5. The van der Waals surface area contributed by atoms with Gasteiger partial charge in [0.1, 0.15) is 0 Å². The lowest BCUT2D eigenvalue weighted by molar-refractivity contribution is 0.0538. The Hall–Kier alpha value is -2.99. The van der Waals surface area contributed by atoms with Gasteiger partial charge in [0, 0.05) is 23.7 Å². The number of aliphatic imine (C=N–C) groups is 1. The predicted octanol–water partition coefficient (Wildman–Crippen LogP) is 7.89. The van der Waals surface area contributed by atoms with Crippen LogP contribution in [0.2, 0.25) is 0 Å². The van der Waals surface area contributed by atoms with Crippen LogP contribution >= 0.6 is 0 Å². The van der Waals surface area contributed by atoms with E-state index in [1.54, 1.807) is 6.07 Å². The van der Waals surface area contributed by atoms with Gasteiger partial charge in [-0.15, -0.1) is 0 Å². The van der Waals surface area contributed by atoms with E-state index in [-0.39, 0.29) is 5.91 Å². The van der Waals surface area contributed by atoms with Gasteiger partial charge in [0.15, 0.2) is 5.82 Å². The maximum absolute atomic E-state index is 12.5. The third kappa shape index (κ3) is 7.50. The number of carbonyl (C=O) groups is 1. The molecule has 194 valence electrons. The molecule has 1 amide bonds. The van der Waals surface area contributed by atoms with Crippen LogP contribution in [0.1, 0.15) is 95.0 Å². The number of rotatable bonds is 13. The van der Waals surface area contributed by atoms with Crippen LogP contribution in [0.4, 0.5) is 17.2 Å². The van der Waals surface area contributed by atoms with Crippen LogP contribution in [0.3, 0.4) is 0 Å². The van der Waals surface area contributed by atoms with Gasteiger partial charge >= 0.3 is 0 Å². The highest BCUT2D eigenvalue weighted by Crippen LogP contribution is 2.44. The molecule has 6 heteroatoms. The highest BCUT2D eigenvalue weighted by Gasteiger charge is 2.27. The maximum Gasteiger partial charge on any atom is 0.276 e. The number of nitrogens with one attached hydrogen (secondary N) is 2. The van der Waals surface area contributed by atoms with Gasteiger partial charge in [-0.3, -0.25) is 9.63 Å². The largest absolute Gasteiger partial charge is 0.354 e. The molecule has 1 aliphatic carbocycles. The van der Waals surface area contributed by atoms with E-state index in [0.717, 1.165) is 47.8 Å². The van der Waals surface area contributed by atoms with Gasteiger partial charge in [-0.05, 0) is 74.6 Å². The van der Waals surface area contributed by atoms with Crippen molar-refractivity contribution in [1.29, 1.82) is 0 Å². The van der Waals surface area contributed by atoms with Crippen LogP contribution in [-0.2, 0) is 4.84 Å². The summed E-state index contributed by atoms with van der Waals surface area (Å²) in [5.74, 6) is 2.35. The summed E-state index contributed by atoms with van der Waals surface area (Å²) >= 11 is 0. The summed E-state index contributed by atoms with van der Waals surface area (Å²) in [6, 6.07) is 9.41. The maximum atomic E-state index is 12.5. The molecule has 1 fully saturated rings. The van der Waals surface area contributed by atoms with Crippen LogP contribution in [-0.4, -0.2) is 23.7 Å². The van der Waals surface area contributed by atoms with Gasteiger partial charge in [-0.25, -0.2) is 15.5 Å². The first-order chi connectivity index (χ1) is 17.4. The van der Waals surface area contributed by atoms with Crippen molar-refractivity contribution in [2.24, 2.45) is 16.8 Å². The van der Waals surface area contributed by atoms with E-state index in [4.69, 9.17) is 9.83 Å². The van der Waals surface area contributed by atoms with Crippen molar-refractivity contribution in [3.63, 3.8) is 0 Å². The monoisotopic (exact) mass is 490 g/mol. The molecule has 1 aromatic heterocycles. The SMILES string of the molecule is CCC(CC)C(CC)C/C(C)=C\C(C)=Nc1cc(Nc2ccccc2C(=O)NOC)c(C2CC2)cn1. The quantitative estimate of drug-likeness (QED) is 0.221. The van der Waals surface area contributed by atoms with Gasteiger partial charge in [0.25, 0.3) is 5.91 Å². The van der Waals surface area contributed by atoms with Gasteiger partial charge in [0.2, 0.25) is 0 Å². The van der Waals surface area contributed by atoms with Crippen molar-refractivity contribution in [3.05, 3.63) is 59.3 Å². The van der Waals surface area contributed by atoms with E-state index < -0.39 is 0 Å². The van der Waals surface area contributed by atoms with Crippen molar-refractivity contribution in [3.8, 4) is 0 Å². The first kappa shape index (κ1) is 27.6. The van der Waals surface area contributed by atoms with Crippen molar-refractivity contribution in [2.75, 3.05) is 12.4 Å². The zero-order valence-electron chi connectivity index (χ0n) is 22.7. The molecule has 0 bridgehead atoms. The molecule has 1 unspecified atom stereocenters. The minimum atomic E-state index is -0.295. The Bertz CT molecular complexity index is 1080. The van der Waals surface area contributed by atoms with Gasteiger partial charge in [-0.1, -0.05) is 57.7 Å². The number of nitrogens with zero attached hydrogens (tertiary/aromatic N) is 2. The van der Waals surface area contributed by atoms with Gasteiger partial charge in [-0.2, -0.15) is 0 Å². The fraction of sp³-hybridized carbons (Fsp3) is 0.500. The molecule has 0 radical (unpaired) electrons. The molecule has 1 atom stereocenters. The molecular formula is C30H42N4O2. The zero-order valence-corrected chi connectivity index (χ0v) is 22.7. The predicted molar refractivity (Wildman–Crippen MR) is 149 cm³/mol. The molecular weight excluding hydrogens is 448 g/mol. The molecule has 1 saturated carbocycles. The first-order valence-corrected chi connectivity index (χ1v) is 13.3. The number of hydroxylamine groups is 1. The van der Waals surface area contributed by atoms with Crippen molar-refractivity contribution >= 4 is 28.8 Å². The van der Waals surface area contributed by atoms with Crippen molar-refractivity contribution < 1.29 is 9.63 Å². The van der Waals surface area contributed by atoms with E-state index in [1.807, 2.05) is 37.4 Å². The number of benzene rings is 1. The Kier molecular flexibility index (Phi) is 10.2. The fourth-order valence-corrected chi connectivity index (χ4v) is 5.07. The van der Waals surface area contributed by atoms with E-state index >= 15 is 0 Å². The lowest BCUT2D eigenvalue weighted by Gasteiger charge is -2.24. The number of anilines is 2. The molecule has 6 nitrogen and oxygen atoms in total. The number of hydrogen-bond donors (Lipinski definition) is 2. The number of pyridine rings is 1. The topological polar surface area (TPSA) is 75.6 Å². The Morgan fingerprint density at radius 2 is 1.81 bits per heavy atom. The molecule has 0 aliphatic heterocycles. The highest BCUT2D eigenvalue weighted by molar-refractivity contribution is 6.00. The summed E-state index contributed by atoms with van der Waals surface area (Å²) in [6.45, 7) is 11.1. The standard InChI is InChI=1S/C30H42N4O2/c1-7-22(8-2)23(9-3)17-20(4)16-21(5)32-29-18-28(26(19-31-29)24-14-15-24)33-27-13-11-10-12-25(27)30(35)34-36-6/h10-13,16,18-19,22-24H,7-9,14-15,17H2,1-6H3,(H,31,33)(H,34,35)/b20-16-,32-21?. The molecule has 1 aliphatic rings.